The summed E-state index contributed by atoms with van der Waals surface area (Å²) in [5, 5.41) is 18.4. The van der Waals surface area contributed by atoms with Gasteiger partial charge in [-0.15, -0.1) is 10.2 Å². The second-order valence-electron chi connectivity index (χ2n) is 6.10. The van der Waals surface area contributed by atoms with E-state index in [0.717, 1.165) is 21.9 Å². The van der Waals surface area contributed by atoms with E-state index < -0.39 is 5.97 Å². The summed E-state index contributed by atoms with van der Waals surface area (Å²) in [4.78, 5) is 11.2. The lowest BCUT2D eigenvalue weighted by Gasteiger charge is -2.05. The molecule has 0 fully saturated rings. The van der Waals surface area contributed by atoms with E-state index in [1.54, 1.807) is 4.57 Å². The smallest absolute Gasteiger partial charge is 0.323 e. The predicted octanol–water partition coefficient (Wildman–Crippen LogP) is 3.25. The Bertz CT molecular complexity index is 1100. The van der Waals surface area contributed by atoms with E-state index in [-0.39, 0.29) is 6.54 Å². The average Bonchev–Trinajstić information content (AvgIpc) is 3.20. The Balaban J connectivity index is 1.54. The highest BCUT2D eigenvalue weighted by molar-refractivity contribution is 7.99. The van der Waals surface area contributed by atoms with Crippen LogP contribution in [-0.4, -0.2) is 42.6 Å². The van der Waals surface area contributed by atoms with Crippen molar-refractivity contribution in [3.63, 3.8) is 0 Å². The molecule has 0 aliphatic rings. The largest absolute Gasteiger partial charge is 0.493 e. The first-order valence-electron chi connectivity index (χ1n) is 8.50. The van der Waals surface area contributed by atoms with Gasteiger partial charge in [-0.3, -0.25) is 13.8 Å². The number of aryl methyl sites for hydroxylation is 1. The number of para-hydroxylation sites is 2. The molecule has 0 atom stereocenters. The molecule has 4 rings (SSSR count). The van der Waals surface area contributed by atoms with Crippen molar-refractivity contribution in [3.8, 4) is 5.75 Å². The van der Waals surface area contributed by atoms with Crippen LogP contribution in [0.2, 0.25) is 0 Å². The van der Waals surface area contributed by atoms with E-state index in [0.29, 0.717) is 18.1 Å². The predicted molar refractivity (Wildman–Crippen MR) is 104 cm³/mol. The van der Waals surface area contributed by atoms with Crippen molar-refractivity contribution in [1.82, 2.24) is 19.2 Å². The van der Waals surface area contributed by atoms with Gasteiger partial charge in [0.1, 0.15) is 12.3 Å². The molecule has 0 bridgehead atoms. The van der Waals surface area contributed by atoms with Crippen LogP contribution in [0.4, 0.5) is 0 Å². The van der Waals surface area contributed by atoms with Crippen LogP contribution in [0, 0.1) is 6.92 Å². The van der Waals surface area contributed by atoms with Gasteiger partial charge in [0.2, 0.25) is 5.78 Å². The molecule has 0 unspecified atom stereocenters. The molecule has 4 aromatic rings. The number of rotatable bonds is 7. The highest BCUT2D eigenvalue weighted by atomic mass is 32.2. The van der Waals surface area contributed by atoms with Crippen molar-refractivity contribution in [3.05, 3.63) is 54.1 Å². The minimum absolute atomic E-state index is 0.156. The van der Waals surface area contributed by atoms with Crippen molar-refractivity contribution in [2.24, 2.45) is 0 Å². The van der Waals surface area contributed by atoms with E-state index >= 15 is 0 Å². The maximum atomic E-state index is 11.2. The maximum Gasteiger partial charge on any atom is 0.323 e. The third-order valence-corrected chi connectivity index (χ3v) is 5.06. The Morgan fingerprint density at radius 2 is 1.85 bits per heavy atom. The molecule has 27 heavy (non-hydrogen) atoms. The number of ether oxygens (including phenoxy) is 1. The quantitative estimate of drug-likeness (QED) is 0.390. The molecule has 8 heteroatoms. The molecule has 2 aromatic carbocycles. The number of aliphatic carboxylic acids is 1. The number of carbonyl (C=O) groups is 1. The SMILES string of the molecule is Cc1ccc(OCCSc2nnc3n(CC(=O)O)c4ccccc4n23)cc1. The lowest BCUT2D eigenvalue weighted by Crippen LogP contribution is -2.08. The van der Waals surface area contributed by atoms with E-state index in [1.807, 2.05) is 59.9 Å². The number of thioether (sulfide) groups is 1. The second kappa shape index (κ2) is 7.32. The first kappa shape index (κ1) is 17.4. The van der Waals surface area contributed by atoms with Gasteiger partial charge in [0.05, 0.1) is 17.6 Å². The maximum absolute atomic E-state index is 11.2. The first-order chi connectivity index (χ1) is 13.1. The van der Waals surface area contributed by atoms with Crippen molar-refractivity contribution >= 4 is 34.5 Å². The van der Waals surface area contributed by atoms with Gasteiger partial charge in [0.15, 0.2) is 5.16 Å². The van der Waals surface area contributed by atoms with Crippen LogP contribution in [0.25, 0.3) is 16.8 Å². The zero-order chi connectivity index (χ0) is 18.8. The molecule has 0 saturated carbocycles. The van der Waals surface area contributed by atoms with E-state index in [9.17, 15) is 9.90 Å². The summed E-state index contributed by atoms with van der Waals surface area (Å²) in [5.74, 6) is 1.15. The van der Waals surface area contributed by atoms with E-state index in [1.165, 1.54) is 17.3 Å². The summed E-state index contributed by atoms with van der Waals surface area (Å²) in [6.07, 6.45) is 0. The molecule has 0 aliphatic carbocycles. The van der Waals surface area contributed by atoms with E-state index in [2.05, 4.69) is 10.2 Å². The lowest BCUT2D eigenvalue weighted by atomic mass is 10.2. The summed E-state index contributed by atoms with van der Waals surface area (Å²) in [5.41, 5.74) is 2.91. The minimum atomic E-state index is -0.915. The van der Waals surface area contributed by atoms with Crippen LogP contribution in [0.3, 0.4) is 0 Å². The van der Waals surface area contributed by atoms with Gasteiger partial charge in [-0.05, 0) is 31.2 Å². The van der Waals surface area contributed by atoms with Crippen molar-refractivity contribution < 1.29 is 14.6 Å². The number of aromatic nitrogens is 4. The van der Waals surface area contributed by atoms with Crippen LogP contribution in [0.5, 0.6) is 5.75 Å². The molecule has 2 heterocycles. The summed E-state index contributed by atoms with van der Waals surface area (Å²) in [7, 11) is 0. The fourth-order valence-electron chi connectivity index (χ4n) is 2.95. The van der Waals surface area contributed by atoms with Gasteiger partial charge in [-0.2, -0.15) is 0 Å². The number of fused-ring (bicyclic) bond motifs is 3. The molecule has 0 aliphatic heterocycles. The summed E-state index contributed by atoms with van der Waals surface area (Å²) in [6, 6.07) is 15.6. The van der Waals surface area contributed by atoms with Crippen LogP contribution in [-0.2, 0) is 11.3 Å². The van der Waals surface area contributed by atoms with Crippen molar-refractivity contribution in [2.45, 2.75) is 18.6 Å². The molecule has 138 valence electrons. The zero-order valence-corrected chi connectivity index (χ0v) is 15.5. The van der Waals surface area contributed by atoms with Gasteiger partial charge < -0.3 is 9.84 Å². The normalized spacial score (nSPS) is 11.3. The fraction of sp³-hybridized carbons (Fsp3) is 0.211. The zero-order valence-electron chi connectivity index (χ0n) is 14.7. The molecule has 0 saturated heterocycles. The van der Waals surface area contributed by atoms with Crippen LogP contribution in [0.15, 0.2) is 53.7 Å². The minimum Gasteiger partial charge on any atom is -0.493 e. The lowest BCUT2D eigenvalue weighted by molar-refractivity contribution is -0.137. The van der Waals surface area contributed by atoms with Gasteiger partial charge in [-0.1, -0.05) is 41.6 Å². The Kier molecular flexibility index (Phi) is 4.72. The van der Waals surface area contributed by atoms with Gasteiger partial charge >= 0.3 is 5.97 Å². The molecular weight excluding hydrogens is 364 g/mol. The fourth-order valence-corrected chi connectivity index (χ4v) is 3.71. The van der Waals surface area contributed by atoms with Gasteiger partial charge in [-0.25, -0.2) is 0 Å². The summed E-state index contributed by atoms with van der Waals surface area (Å²) in [6.45, 7) is 2.42. The number of hydrogen-bond donors (Lipinski definition) is 1. The Labute approximate surface area is 159 Å². The third kappa shape index (κ3) is 3.48. The first-order valence-corrected chi connectivity index (χ1v) is 9.48. The van der Waals surface area contributed by atoms with E-state index in [4.69, 9.17) is 4.74 Å². The molecule has 0 amide bonds. The molecular formula is C19H18N4O3S. The number of carboxylic acids is 1. The molecule has 0 spiro atoms. The number of benzene rings is 2. The number of hydrogen-bond acceptors (Lipinski definition) is 5. The van der Waals surface area contributed by atoms with Crippen LogP contribution in [0.1, 0.15) is 5.56 Å². The van der Waals surface area contributed by atoms with Gasteiger partial charge in [0, 0.05) is 5.75 Å². The van der Waals surface area contributed by atoms with Crippen molar-refractivity contribution in [1.29, 1.82) is 0 Å². The van der Waals surface area contributed by atoms with Gasteiger partial charge in [0.25, 0.3) is 0 Å². The molecule has 0 radical (unpaired) electrons. The Morgan fingerprint density at radius 1 is 1.11 bits per heavy atom. The molecule has 7 nitrogen and oxygen atoms in total. The number of imidazole rings is 1. The number of nitrogens with zero attached hydrogens (tertiary/aromatic N) is 4. The Hall–Kier alpha value is -3.00. The average molecular weight is 382 g/mol. The molecule has 1 N–H and O–H groups in total. The van der Waals surface area contributed by atoms with Crippen LogP contribution >= 0.6 is 11.8 Å². The highest BCUT2D eigenvalue weighted by Crippen LogP contribution is 2.25. The van der Waals surface area contributed by atoms with Crippen LogP contribution < -0.4 is 4.74 Å². The third-order valence-electron chi connectivity index (χ3n) is 4.17. The summed E-state index contributed by atoms with van der Waals surface area (Å²) >= 11 is 1.53. The standard InChI is InChI=1S/C19H18N4O3S/c1-13-6-8-14(9-7-13)26-10-11-27-19-21-20-18-22(12-17(24)25)15-4-2-3-5-16(15)23(18)19/h2-9H,10-12H2,1H3,(H,24,25). The summed E-state index contributed by atoms with van der Waals surface area (Å²) < 4.78 is 9.32. The Morgan fingerprint density at radius 3 is 2.59 bits per heavy atom. The number of carboxylic acid groups (broad SMARTS) is 1. The second-order valence-corrected chi connectivity index (χ2v) is 7.16. The van der Waals surface area contributed by atoms with Crippen molar-refractivity contribution in [2.75, 3.05) is 12.4 Å². The topological polar surface area (TPSA) is 81.7 Å². The highest BCUT2D eigenvalue weighted by Gasteiger charge is 2.18. The monoisotopic (exact) mass is 382 g/mol. The molecule has 2 aromatic heterocycles.